The molecule has 2 amide bonds. The van der Waals surface area contributed by atoms with Crippen molar-refractivity contribution >= 4 is 17.5 Å². The van der Waals surface area contributed by atoms with Gasteiger partial charge in [0.15, 0.2) is 0 Å². The van der Waals surface area contributed by atoms with Crippen molar-refractivity contribution in [1.29, 1.82) is 0 Å². The summed E-state index contributed by atoms with van der Waals surface area (Å²) < 4.78 is 3.26. The molecule has 7 heteroatoms. The van der Waals surface area contributed by atoms with E-state index in [1.54, 1.807) is 18.7 Å². The molecular weight excluding hydrogens is 368 g/mol. The SMILES string of the molecule is CCCN(CCC)C(=O)CCCC(=O)Nc1c(C)n(C)n(-c2ccccc2)c1=O. The molecule has 7 nitrogen and oxygen atoms in total. The highest BCUT2D eigenvalue weighted by Gasteiger charge is 2.18. The van der Waals surface area contributed by atoms with Crippen LogP contribution in [0.5, 0.6) is 0 Å². The molecule has 0 aliphatic carbocycles. The van der Waals surface area contributed by atoms with Gasteiger partial charge in [0.05, 0.1) is 11.4 Å². The van der Waals surface area contributed by atoms with Crippen LogP contribution in [0.15, 0.2) is 35.1 Å². The molecule has 1 heterocycles. The summed E-state index contributed by atoms with van der Waals surface area (Å²) >= 11 is 0. The number of nitrogens with one attached hydrogen (secondary N) is 1. The van der Waals surface area contributed by atoms with E-state index in [0.29, 0.717) is 18.5 Å². The lowest BCUT2D eigenvalue weighted by Crippen LogP contribution is -2.32. The van der Waals surface area contributed by atoms with Crippen LogP contribution in [0.1, 0.15) is 51.6 Å². The maximum absolute atomic E-state index is 12.8. The minimum Gasteiger partial charge on any atom is -0.343 e. The highest BCUT2D eigenvalue weighted by atomic mass is 16.2. The monoisotopic (exact) mass is 400 g/mol. The van der Waals surface area contributed by atoms with Crippen molar-refractivity contribution in [2.75, 3.05) is 18.4 Å². The predicted molar refractivity (Wildman–Crippen MR) is 115 cm³/mol. The van der Waals surface area contributed by atoms with E-state index in [0.717, 1.165) is 31.6 Å². The molecule has 0 aliphatic heterocycles. The summed E-state index contributed by atoms with van der Waals surface area (Å²) in [6.45, 7) is 7.40. The number of aromatic nitrogens is 2. The van der Waals surface area contributed by atoms with E-state index in [9.17, 15) is 14.4 Å². The summed E-state index contributed by atoms with van der Waals surface area (Å²) in [5.41, 5.74) is 1.44. The van der Waals surface area contributed by atoms with Crippen molar-refractivity contribution in [1.82, 2.24) is 14.3 Å². The number of hydrogen-bond donors (Lipinski definition) is 1. The fourth-order valence-corrected chi connectivity index (χ4v) is 3.37. The summed E-state index contributed by atoms with van der Waals surface area (Å²) in [6.07, 6.45) is 2.86. The van der Waals surface area contributed by atoms with Crippen LogP contribution in [0.4, 0.5) is 5.69 Å². The fraction of sp³-hybridized carbons (Fsp3) is 0.500. The number of nitrogens with zero attached hydrogens (tertiary/aromatic N) is 3. The number of rotatable bonds is 10. The van der Waals surface area contributed by atoms with Gasteiger partial charge < -0.3 is 10.2 Å². The maximum atomic E-state index is 12.8. The van der Waals surface area contributed by atoms with E-state index in [4.69, 9.17) is 0 Å². The lowest BCUT2D eigenvalue weighted by molar-refractivity contribution is -0.131. The zero-order chi connectivity index (χ0) is 21.4. The molecular formula is C22H32N4O3. The van der Waals surface area contributed by atoms with Gasteiger partial charge in [-0.1, -0.05) is 32.0 Å². The molecule has 1 aromatic carbocycles. The Kier molecular flexibility index (Phi) is 8.24. The zero-order valence-corrected chi connectivity index (χ0v) is 17.9. The molecule has 2 aromatic rings. The molecule has 0 fully saturated rings. The summed E-state index contributed by atoms with van der Waals surface area (Å²) in [6, 6.07) is 9.29. The minimum atomic E-state index is -0.266. The van der Waals surface area contributed by atoms with E-state index < -0.39 is 0 Å². The van der Waals surface area contributed by atoms with Crippen LogP contribution in [0, 0.1) is 6.92 Å². The van der Waals surface area contributed by atoms with E-state index in [-0.39, 0.29) is 29.5 Å². The second-order valence-corrected chi connectivity index (χ2v) is 7.22. The molecule has 0 bridgehead atoms. The second kappa shape index (κ2) is 10.6. The summed E-state index contributed by atoms with van der Waals surface area (Å²) in [5.74, 6) is -0.162. The van der Waals surface area contributed by atoms with E-state index in [1.165, 1.54) is 4.68 Å². The fourth-order valence-electron chi connectivity index (χ4n) is 3.37. The van der Waals surface area contributed by atoms with Crippen molar-refractivity contribution in [2.24, 2.45) is 7.05 Å². The first-order valence-corrected chi connectivity index (χ1v) is 10.3. The van der Waals surface area contributed by atoms with Crippen LogP contribution in [-0.4, -0.2) is 39.2 Å². The Morgan fingerprint density at radius 3 is 2.24 bits per heavy atom. The molecule has 1 aromatic heterocycles. The standard InChI is InChI=1S/C22H32N4O3/c1-5-15-25(16-6-2)20(28)14-10-13-19(27)23-21-17(3)24(4)26(22(21)29)18-11-8-7-9-12-18/h7-9,11-12H,5-6,10,13-16H2,1-4H3,(H,23,27). The predicted octanol–water partition coefficient (Wildman–Crippen LogP) is 3.24. The van der Waals surface area contributed by atoms with E-state index >= 15 is 0 Å². The van der Waals surface area contributed by atoms with Crippen LogP contribution in [-0.2, 0) is 16.6 Å². The first-order chi connectivity index (χ1) is 13.9. The Balaban J connectivity index is 2.00. The van der Waals surface area contributed by atoms with Crippen LogP contribution < -0.4 is 10.9 Å². The van der Waals surface area contributed by atoms with Gasteiger partial charge in [-0.2, -0.15) is 0 Å². The van der Waals surface area contributed by atoms with Crippen molar-refractivity contribution in [2.45, 2.75) is 52.9 Å². The van der Waals surface area contributed by atoms with Gasteiger partial charge in [0, 0.05) is 33.0 Å². The second-order valence-electron chi connectivity index (χ2n) is 7.22. The van der Waals surface area contributed by atoms with Crippen molar-refractivity contribution < 1.29 is 9.59 Å². The van der Waals surface area contributed by atoms with E-state index in [2.05, 4.69) is 5.32 Å². The van der Waals surface area contributed by atoms with Gasteiger partial charge in [-0.15, -0.1) is 0 Å². The van der Waals surface area contributed by atoms with Crippen molar-refractivity contribution in [3.05, 3.63) is 46.4 Å². The van der Waals surface area contributed by atoms with Gasteiger partial charge >= 0.3 is 0 Å². The molecule has 1 N–H and O–H groups in total. The van der Waals surface area contributed by atoms with Crippen molar-refractivity contribution in [3.8, 4) is 5.69 Å². The maximum Gasteiger partial charge on any atom is 0.295 e. The van der Waals surface area contributed by atoms with Gasteiger partial charge in [-0.3, -0.25) is 19.1 Å². The number of para-hydroxylation sites is 1. The van der Waals surface area contributed by atoms with Crippen LogP contribution in [0.2, 0.25) is 0 Å². The third-order valence-corrected chi connectivity index (χ3v) is 4.95. The Morgan fingerprint density at radius 1 is 1.03 bits per heavy atom. The van der Waals surface area contributed by atoms with Gasteiger partial charge in [0.25, 0.3) is 5.56 Å². The van der Waals surface area contributed by atoms with E-state index in [1.807, 2.05) is 49.1 Å². The summed E-state index contributed by atoms with van der Waals surface area (Å²) in [5, 5.41) is 2.74. The molecule has 0 radical (unpaired) electrons. The molecule has 158 valence electrons. The number of amides is 2. The average molecular weight is 401 g/mol. The number of carbonyl (C=O) groups is 2. The van der Waals surface area contributed by atoms with Crippen molar-refractivity contribution in [3.63, 3.8) is 0 Å². The van der Waals surface area contributed by atoms with Gasteiger partial charge in [-0.05, 0) is 38.3 Å². The highest BCUT2D eigenvalue weighted by Crippen LogP contribution is 2.14. The highest BCUT2D eigenvalue weighted by molar-refractivity contribution is 5.91. The number of benzene rings is 1. The molecule has 0 aliphatic rings. The third kappa shape index (κ3) is 5.59. The number of anilines is 1. The van der Waals surface area contributed by atoms with Gasteiger partial charge in [-0.25, -0.2) is 4.68 Å². The largest absolute Gasteiger partial charge is 0.343 e. The molecule has 0 saturated carbocycles. The summed E-state index contributed by atoms with van der Waals surface area (Å²) in [7, 11) is 1.79. The zero-order valence-electron chi connectivity index (χ0n) is 17.9. The molecule has 0 unspecified atom stereocenters. The lowest BCUT2D eigenvalue weighted by atomic mass is 10.2. The third-order valence-electron chi connectivity index (χ3n) is 4.95. The Bertz CT molecular complexity index is 877. The number of hydrogen-bond acceptors (Lipinski definition) is 3. The first-order valence-electron chi connectivity index (χ1n) is 10.3. The Morgan fingerprint density at radius 2 is 1.66 bits per heavy atom. The molecule has 29 heavy (non-hydrogen) atoms. The topological polar surface area (TPSA) is 76.3 Å². The van der Waals surface area contributed by atoms with Gasteiger partial charge in [0.1, 0.15) is 5.69 Å². The minimum absolute atomic E-state index is 0.0869. The Labute approximate surface area is 172 Å². The average Bonchev–Trinajstić information content (AvgIpc) is 2.91. The number of carbonyl (C=O) groups excluding carboxylic acids is 2. The molecule has 0 saturated heterocycles. The Hall–Kier alpha value is -2.83. The summed E-state index contributed by atoms with van der Waals surface area (Å²) in [4.78, 5) is 39.4. The van der Waals surface area contributed by atoms with Gasteiger partial charge in [0.2, 0.25) is 11.8 Å². The molecule has 2 rings (SSSR count). The van der Waals surface area contributed by atoms with Crippen LogP contribution >= 0.6 is 0 Å². The quantitative estimate of drug-likeness (QED) is 0.665. The molecule has 0 spiro atoms. The lowest BCUT2D eigenvalue weighted by Gasteiger charge is -2.21. The van der Waals surface area contributed by atoms with Crippen LogP contribution in [0.25, 0.3) is 5.69 Å². The normalized spacial score (nSPS) is 10.8. The molecule has 0 atom stereocenters. The smallest absolute Gasteiger partial charge is 0.295 e. The first kappa shape index (κ1) is 22.5. The van der Waals surface area contributed by atoms with Crippen LogP contribution in [0.3, 0.4) is 0 Å².